The van der Waals surface area contributed by atoms with E-state index >= 15 is 0 Å². The first-order valence-corrected chi connectivity index (χ1v) is 15.1. The molecule has 0 amide bonds. The van der Waals surface area contributed by atoms with Gasteiger partial charge in [0.25, 0.3) is 0 Å². The third-order valence-corrected chi connectivity index (χ3v) is 8.37. The molecule has 0 aliphatic carbocycles. The van der Waals surface area contributed by atoms with Crippen LogP contribution in [-0.4, -0.2) is 104 Å². The first kappa shape index (κ1) is 34.6. The van der Waals surface area contributed by atoms with Gasteiger partial charge in [0, 0.05) is 17.2 Å². The standard InChI is InChI=1S/C33H40O14/c1-13(2)6-11-18-19(34)12-20(35)21-24(38)30(28(45-29(18)21)16-7-9-17(42-5)10-8-16)46-33-31(26(40)23(37)15(4)44-33)47-32-27(41)25(39)22(36)14(3)43-32/h6-10,12,14-15,22-23,25-27,31-37,39-41H,11H2,1-5H3/t14-,15-,22-,23-,25+,26+,27+,31+,32-,33+/m1/s1. The van der Waals surface area contributed by atoms with Crippen LogP contribution in [0.3, 0.4) is 0 Å². The molecule has 2 aliphatic heterocycles. The molecule has 0 spiro atoms. The molecule has 0 bridgehead atoms. The van der Waals surface area contributed by atoms with Crippen molar-refractivity contribution in [3.05, 3.63) is 57.8 Å². The van der Waals surface area contributed by atoms with E-state index in [0.717, 1.165) is 11.6 Å². The summed E-state index contributed by atoms with van der Waals surface area (Å²) in [6.45, 7) is 6.61. The lowest BCUT2D eigenvalue weighted by Crippen LogP contribution is -2.63. The van der Waals surface area contributed by atoms with Gasteiger partial charge in [-0.05, 0) is 58.4 Å². The summed E-state index contributed by atoms with van der Waals surface area (Å²) in [7, 11) is 1.48. The van der Waals surface area contributed by atoms with Crippen molar-refractivity contribution in [2.45, 2.75) is 95.5 Å². The largest absolute Gasteiger partial charge is 0.507 e. The summed E-state index contributed by atoms with van der Waals surface area (Å²) < 4.78 is 34.9. The van der Waals surface area contributed by atoms with Crippen molar-refractivity contribution in [3.63, 3.8) is 0 Å². The second-order valence-electron chi connectivity index (χ2n) is 12.0. The Hall–Kier alpha value is -3.73. The topological polar surface area (TPSA) is 218 Å². The van der Waals surface area contributed by atoms with Crippen LogP contribution in [-0.2, 0) is 20.6 Å². The predicted octanol–water partition coefficient (Wildman–Crippen LogP) is 1.45. The monoisotopic (exact) mass is 660 g/mol. The van der Waals surface area contributed by atoms with Crippen molar-refractivity contribution >= 4 is 11.0 Å². The molecule has 0 unspecified atom stereocenters. The quantitative estimate of drug-likeness (QED) is 0.170. The van der Waals surface area contributed by atoms with Gasteiger partial charge in [0.15, 0.2) is 18.2 Å². The first-order chi connectivity index (χ1) is 22.2. The number of aromatic hydroxyl groups is 2. The van der Waals surface area contributed by atoms with Gasteiger partial charge in [-0.15, -0.1) is 0 Å². The lowest BCUT2D eigenvalue weighted by Gasteiger charge is -2.45. The zero-order valence-corrected chi connectivity index (χ0v) is 26.4. The number of fused-ring (bicyclic) bond motifs is 1. The number of phenolic OH excluding ortho intramolecular Hbond substituents is 2. The molecule has 14 nitrogen and oxygen atoms in total. The maximum Gasteiger partial charge on any atom is 0.239 e. The number of allylic oxidation sites excluding steroid dienone is 2. The minimum Gasteiger partial charge on any atom is -0.507 e. The third-order valence-electron chi connectivity index (χ3n) is 8.37. The molecule has 47 heavy (non-hydrogen) atoms. The Morgan fingerprint density at radius 3 is 2.09 bits per heavy atom. The van der Waals surface area contributed by atoms with Crippen molar-refractivity contribution in [2.24, 2.45) is 0 Å². The van der Waals surface area contributed by atoms with Crippen molar-refractivity contribution in [1.29, 1.82) is 0 Å². The number of ether oxygens (including phenoxy) is 5. The normalized spacial score (nSPS) is 31.0. The zero-order valence-electron chi connectivity index (χ0n) is 26.4. The number of hydrogen-bond donors (Lipinski definition) is 7. The number of phenols is 2. The van der Waals surface area contributed by atoms with Crippen molar-refractivity contribution in [3.8, 4) is 34.3 Å². The first-order valence-electron chi connectivity index (χ1n) is 15.1. The Morgan fingerprint density at radius 1 is 0.851 bits per heavy atom. The van der Waals surface area contributed by atoms with Crippen LogP contribution in [0.15, 0.2) is 51.2 Å². The highest BCUT2D eigenvalue weighted by Gasteiger charge is 2.50. The Labute approximate surface area is 269 Å². The van der Waals surface area contributed by atoms with Gasteiger partial charge in [-0.2, -0.15) is 0 Å². The van der Waals surface area contributed by atoms with Crippen LogP contribution in [0.25, 0.3) is 22.3 Å². The van der Waals surface area contributed by atoms with Crippen molar-refractivity contribution < 1.29 is 63.8 Å². The summed E-state index contributed by atoms with van der Waals surface area (Å²) >= 11 is 0. The zero-order chi connectivity index (χ0) is 34.3. The van der Waals surface area contributed by atoms with E-state index in [2.05, 4.69) is 0 Å². The lowest BCUT2D eigenvalue weighted by molar-refractivity contribution is -0.352. The molecule has 2 fully saturated rings. The Kier molecular flexibility index (Phi) is 10.1. The Bertz CT molecular complexity index is 1660. The molecule has 2 aromatic carbocycles. The molecule has 0 saturated carbocycles. The van der Waals surface area contributed by atoms with Gasteiger partial charge in [-0.1, -0.05) is 11.6 Å². The SMILES string of the molecule is COc1ccc(-c2oc3c(CC=C(C)C)c(O)cc(O)c3c(=O)c2O[C@@H]2O[C@H](C)[C@@H](O)[C@H](O)[C@@H]2O[C@H]2O[C@H](C)[C@@H](O)[C@H](O)[C@@H]2O)cc1. The molecule has 1 aromatic heterocycles. The van der Waals surface area contributed by atoms with Gasteiger partial charge >= 0.3 is 0 Å². The van der Waals surface area contributed by atoms with Crippen molar-refractivity contribution in [2.75, 3.05) is 7.11 Å². The number of methoxy groups -OCH3 is 1. The summed E-state index contributed by atoms with van der Waals surface area (Å²) in [5, 5.41) is 74.0. The molecule has 2 aliphatic rings. The summed E-state index contributed by atoms with van der Waals surface area (Å²) in [6, 6.07) is 7.43. The van der Waals surface area contributed by atoms with Crippen LogP contribution < -0.4 is 14.9 Å². The van der Waals surface area contributed by atoms with Gasteiger partial charge < -0.3 is 63.8 Å². The van der Waals surface area contributed by atoms with Gasteiger partial charge in [-0.3, -0.25) is 4.79 Å². The molecule has 3 heterocycles. The summed E-state index contributed by atoms with van der Waals surface area (Å²) in [5.74, 6) is -0.987. The van der Waals surface area contributed by atoms with E-state index in [9.17, 15) is 40.5 Å². The van der Waals surface area contributed by atoms with Gasteiger partial charge in [0.1, 0.15) is 58.7 Å². The highest BCUT2D eigenvalue weighted by molar-refractivity contribution is 5.91. The maximum atomic E-state index is 14.2. The van der Waals surface area contributed by atoms with Crippen LogP contribution >= 0.6 is 0 Å². The van der Waals surface area contributed by atoms with Gasteiger partial charge in [0.05, 0.1) is 19.3 Å². The fourth-order valence-corrected chi connectivity index (χ4v) is 5.55. The second kappa shape index (κ2) is 13.8. The molecular weight excluding hydrogens is 620 g/mol. The molecule has 3 aromatic rings. The molecule has 14 heteroatoms. The molecule has 256 valence electrons. The Balaban J connectivity index is 1.65. The maximum absolute atomic E-state index is 14.2. The van der Waals surface area contributed by atoms with Crippen molar-refractivity contribution in [1.82, 2.24) is 0 Å². The predicted molar refractivity (Wildman–Crippen MR) is 165 cm³/mol. The number of aliphatic hydroxyl groups is 5. The van der Waals surface area contributed by atoms with E-state index in [1.165, 1.54) is 21.0 Å². The van der Waals surface area contributed by atoms with E-state index in [4.69, 9.17) is 28.1 Å². The smallest absolute Gasteiger partial charge is 0.239 e. The third kappa shape index (κ3) is 6.68. The van der Waals surface area contributed by atoms with Crippen LogP contribution in [0, 0.1) is 0 Å². The second-order valence-corrected chi connectivity index (χ2v) is 12.0. The van der Waals surface area contributed by atoms with E-state index in [1.807, 2.05) is 19.9 Å². The number of benzene rings is 2. The van der Waals surface area contributed by atoms with Gasteiger partial charge in [-0.25, -0.2) is 0 Å². The molecule has 10 atom stereocenters. The van der Waals surface area contributed by atoms with Crippen LogP contribution in [0.5, 0.6) is 23.0 Å². The minimum absolute atomic E-state index is 0.0929. The molecule has 7 N–H and O–H groups in total. The van der Waals surface area contributed by atoms with Crippen LogP contribution in [0.4, 0.5) is 0 Å². The minimum atomic E-state index is -1.77. The molecule has 0 radical (unpaired) electrons. The average molecular weight is 661 g/mol. The Morgan fingerprint density at radius 2 is 1.47 bits per heavy atom. The van der Waals surface area contributed by atoms with E-state index in [-0.39, 0.29) is 34.5 Å². The highest BCUT2D eigenvalue weighted by Crippen LogP contribution is 2.41. The number of aliphatic hydroxyl groups excluding tert-OH is 5. The molecule has 2 saturated heterocycles. The van der Waals surface area contributed by atoms with E-state index in [0.29, 0.717) is 11.3 Å². The summed E-state index contributed by atoms with van der Waals surface area (Å²) in [4.78, 5) is 14.2. The van der Waals surface area contributed by atoms with E-state index < -0.39 is 78.3 Å². The number of rotatable bonds is 8. The fourth-order valence-electron chi connectivity index (χ4n) is 5.55. The number of hydrogen-bond acceptors (Lipinski definition) is 14. The molecule has 5 rings (SSSR count). The molecular formula is C33H40O14. The fraction of sp³-hybridized carbons (Fsp3) is 0.485. The average Bonchev–Trinajstić information content (AvgIpc) is 3.03. The van der Waals surface area contributed by atoms with Gasteiger partial charge in [0.2, 0.25) is 17.5 Å². The summed E-state index contributed by atoms with van der Waals surface area (Å²) in [6.07, 6.45) is -13.0. The lowest BCUT2D eigenvalue weighted by atomic mass is 9.98. The van der Waals surface area contributed by atoms with E-state index in [1.54, 1.807) is 24.3 Å². The highest BCUT2D eigenvalue weighted by atomic mass is 16.8. The van der Waals surface area contributed by atoms with Crippen LogP contribution in [0.2, 0.25) is 0 Å². The summed E-state index contributed by atoms with van der Waals surface area (Å²) in [5.41, 5.74) is 0.546. The van der Waals surface area contributed by atoms with Crippen LogP contribution in [0.1, 0.15) is 33.3 Å².